The molecule has 130 valence electrons. The van der Waals surface area contributed by atoms with Gasteiger partial charge in [0.15, 0.2) is 5.16 Å². The number of aromatic nitrogens is 3. The van der Waals surface area contributed by atoms with E-state index < -0.39 is 11.2 Å². The third-order valence-corrected chi connectivity index (χ3v) is 5.42. The summed E-state index contributed by atoms with van der Waals surface area (Å²) in [7, 11) is 0. The highest BCUT2D eigenvalue weighted by Gasteiger charge is 2.24. The van der Waals surface area contributed by atoms with Gasteiger partial charge in [-0.3, -0.25) is 10.4 Å². The molecule has 0 spiro atoms. The molecule has 1 aliphatic rings. The molecule has 0 fully saturated rings. The number of rotatable bonds is 1. The van der Waals surface area contributed by atoms with Crippen LogP contribution in [0.15, 0.2) is 17.4 Å². The average Bonchev–Trinajstić information content (AvgIpc) is 2.54. The average molecular weight is 357 g/mol. The number of fused-ring (bicyclic) bond motifs is 1. The highest BCUT2D eigenvalue weighted by atomic mass is 32.2. The molecule has 7 heteroatoms. The number of hydrogen-bond donors (Lipinski definition) is 1. The maximum absolute atomic E-state index is 14.5. The molecular formula is C18H20FN5S. The Morgan fingerprint density at radius 1 is 1.44 bits per heavy atom. The molecular weight excluding hydrogens is 337 g/mol. The van der Waals surface area contributed by atoms with E-state index in [-0.39, 0.29) is 11.1 Å². The molecule has 5 nitrogen and oxygen atoms in total. The van der Waals surface area contributed by atoms with Gasteiger partial charge < -0.3 is 4.57 Å². The standard InChI is InChI=1S/C18H20FN5S/c1-10-8-24-16(21)12(6-20)14(23-17(24)25-9-10)11-5-13(19)15(22-7-11)18(2,3)4/h5,7,10,21H,8-9H2,1-4H3. The zero-order chi connectivity index (χ0) is 18.4. The minimum atomic E-state index is -0.422. The van der Waals surface area contributed by atoms with Crippen LogP contribution >= 0.6 is 11.8 Å². The molecule has 2 aromatic rings. The third-order valence-electron chi connectivity index (χ3n) is 4.11. The Morgan fingerprint density at radius 2 is 2.16 bits per heavy atom. The molecule has 0 radical (unpaired) electrons. The molecule has 3 heterocycles. The van der Waals surface area contributed by atoms with Crippen LogP contribution < -0.4 is 5.49 Å². The largest absolute Gasteiger partial charge is 0.304 e. The van der Waals surface area contributed by atoms with Gasteiger partial charge in [0, 0.05) is 29.5 Å². The first-order valence-corrected chi connectivity index (χ1v) is 9.09. The summed E-state index contributed by atoms with van der Waals surface area (Å²) in [6, 6.07) is 3.43. The zero-order valence-corrected chi connectivity index (χ0v) is 15.5. The lowest BCUT2D eigenvalue weighted by molar-refractivity contribution is 0.452. The summed E-state index contributed by atoms with van der Waals surface area (Å²) in [5, 5.41) is 18.6. The fourth-order valence-corrected chi connectivity index (χ4v) is 3.87. The normalized spacial score (nSPS) is 17.0. The Kier molecular flexibility index (Phi) is 4.41. The number of hydrogen-bond acceptors (Lipinski definition) is 5. The Labute approximate surface area is 150 Å². The second-order valence-corrected chi connectivity index (χ2v) is 8.40. The topological polar surface area (TPSA) is 78.3 Å². The summed E-state index contributed by atoms with van der Waals surface area (Å²) in [6.45, 7) is 8.45. The van der Waals surface area contributed by atoms with Crippen LogP contribution in [0.1, 0.15) is 39.0 Å². The SMILES string of the molecule is CC1CSc2nc(-c3cnc(C(C)(C)C)c(F)c3)c(C#N)c(=N)n2C1. The number of halogens is 1. The Hall–Kier alpha value is -2.20. The van der Waals surface area contributed by atoms with Crippen molar-refractivity contribution in [3.63, 3.8) is 0 Å². The van der Waals surface area contributed by atoms with Crippen molar-refractivity contribution in [3.8, 4) is 17.3 Å². The summed E-state index contributed by atoms with van der Waals surface area (Å²) in [5.41, 5.74) is 0.999. The van der Waals surface area contributed by atoms with Gasteiger partial charge in [-0.2, -0.15) is 5.26 Å². The van der Waals surface area contributed by atoms with Gasteiger partial charge in [0.1, 0.15) is 22.9 Å². The van der Waals surface area contributed by atoms with Crippen LogP contribution in [-0.4, -0.2) is 20.3 Å². The van der Waals surface area contributed by atoms with Crippen LogP contribution in [0.3, 0.4) is 0 Å². The molecule has 1 aliphatic heterocycles. The number of nitriles is 1. The molecule has 0 amide bonds. The fraction of sp³-hybridized carbons (Fsp3) is 0.444. The van der Waals surface area contributed by atoms with Crippen LogP contribution in [0, 0.1) is 28.5 Å². The second-order valence-electron chi connectivity index (χ2n) is 7.41. The van der Waals surface area contributed by atoms with Crippen molar-refractivity contribution in [2.75, 3.05) is 5.75 Å². The molecule has 2 aromatic heterocycles. The van der Waals surface area contributed by atoms with Crippen molar-refractivity contribution in [2.24, 2.45) is 5.92 Å². The monoisotopic (exact) mass is 357 g/mol. The summed E-state index contributed by atoms with van der Waals surface area (Å²) >= 11 is 1.56. The lowest BCUT2D eigenvalue weighted by Crippen LogP contribution is -2.32. The van der Waals surface area contributed by atoms with E-state index in [1.165, 1.54) is 6.07 Å². The maximum Gasteiger partial charge on any atom is 0.170 e. The first kappa shape index (κ1) is 17.6. The van der Waals surface area contributed by atoms with Gasteiger partial charge >= 0.3 is 0 Å². The van der Waals surface area contributed by atoms with Crippen molar-refractivity contribution in [1.82, 2.24) is 14.5 Å². The highest BCUT2D eigenvalue weighted by Crippen LogP contribution is 2.30. The van der Waals surface area contributed by atoms with E-state index in [0.29, 0.717) is 34.6 Å². The molecule has 1 N–H and O–H groups in total. The van der Waals surface area contributed by atoms with Crippen LogP contribution in [0.5, 0.6) is 0 Å². The Morgan fingerprint density at radius 3 is 2.76 bits per heavy atom. The van der Waals surface area contributed by atoms with Gasteiger partial charge in [0.05, 0.1) is 11.4 Å². The molecule has 0 aromatic carbocycles. The van der Waals surface area contributed by atoms with Crippen molar-refractivity contribution in [2.45, 2.75) is 44.8 Å². The lowest BCUT2D eigenvalue weighted by atomic mass is 9.90. The first-order valence-electron chi connectivity index (χ1n) is 8.11. The first-order chi connectivity index (χ1) is 11.7. The number of nitrogens with zero attached hydrogens (tertiary/aromatic N) is 4. The molecule has 25 heavy (non-hydrogen) atoms. The molecule has 0 saturated carbocycles. The number of nitrogens with one attached hydrogen (secondary N) is 1. The molecule has 1 atom stereocenters. The van der Waals surface area contributed by atoms with Gasteiger partial charge in [-0.25, -0.2) is 9.37 Å². The second kappa shape index (κ2) is 6.26. The van der Waals surface area contributed by atoms with Crippen LogP contribution in [-0.2, 0) is 12.0 Å². The molecule has 0 aliphatic carbocycles. The maximum atomic E-state index is 14.5. The van der Waals surface area contributed by atoms with Gasteiger partial charge in [-0.05, 0) is 12.0 Å². The Balaban J connectivity index is 2.19. The van der Waals surface area contributed by atoms with E-state index in [0.717, 1.165) is 5.75 Å². The molecule has 0 saturated heterocycles. The van der Waals surface area contributed by atoms with E-state index in [2.05, 4.69) is 23.0 Å². The smallest absolute Gasteiger partial charge is 0.170 e. The van der Waals surface area contributed by atoms with Crippen LogP contribution in [0.2, 0.25) is 0 Å². The molecule has 1 unspecified atom stereocenters. The highest BCUT2D eigenvalue weighted by molar-refractivity contribution is 7.99. The van der Waals surface area contributed by atoms with Crippen LogP contribution in [0.25, 0.3) is 11.3 Å². The minimum Gasteiger partial charge on any atom is -0.304 e. The molecule has 0 bridgehead atoms. The predicted molar refractivity (Wildman–Crippen MR) is 94.6 cm³/mol. The summed E-state index contributed by atoms with van der Waals surface area (Å²) in [5.74, 6) is 0.901. The summed E-state index contributed by atoms with van der Waals surface area (Å²) in [4.78, 5) is 8.82. The summed E-state index contributed by atoms with van der Waals surface area (Å²) < 4.78 is 16.3. The van der Waals surface area contributed by atoms with Crippen LogP contribution in [0.4, 0.5) is 4.39 Å². The van der Waals surface area contributed by atoms with E-state index in [9.17, 15) is 9.65 Å². The minimum absolute atomic E-state index is 0.127. The van der Waals surface area contributed by atoms with E-state index in [1.54, 1.807) is 22.5 Å². The molecule has 3 rings (SSSR count). The zero-order valence-electron chi connectivity index (χ0n) is 14.7. The van der Waals surface area contributed by atoms with Crippen molar-refractivity contribution < 1.29 is 4.39 Å². The van der Waals surface area contributed by atoms with Gasteiger partial charge in [0.25, 0.3) is 0 Å². The van der Waals surface area contributed by atoms with Crippen molar-refractivity contribution in [3.05, 3.63) is 34.8 Å². The van der Waals surface area contributed by atoms with E-state index in [4.69, 9.17) is 5.41 Å². The quantitative estimate of drug-likeness (QED) is 0.793. The fourth-order valence-electron chi connectivity index (χ4n) is 2.85. The van der Waals surface area contributed by atoms with Crippen molar-refractivity contribution >= 4 is 11.8 Å². The Bertz CT molecular complexity index is 936. The van der Waals surface area contributed by atoms with Gasteiger partial charge in [0.2, 0.25) is 0 Å². The predicted octanol–water partition coefficient (Wildman–Crippen LogP) is 3.47. The number of pyridine rings is 1. The lowest BCUT2D eigenvalue weighted by Gasteiger charge is -2.24. The number of thioether (sulfide) groups is 1. The third kappa shape index (κ3) is 3.19. The van der Waals surface area contributed by atoms with Crippen molar-refractivity contribution in [1.29, 1.82) is 10.7 Å². The van der Waals surface area contributed by atoms with E-state index in [1.807, 2.05) is 20.8 Å². The van der Waals surface area contributed by atoms with E-state index >= 15 is 0 Å². The van der Waals surface area contributed by atoms with Gasteiger partial charge in [-0.1, -0.05) is 39.5 Å². The summed E-state index contributed by atoms with van der Waals surface area (Å²) in [6.07, 6.45) is 1.54. The van der Waals surface area contributed by atoms with Gasteiger partial charge in [-0.15, -0.1) is 0 Å².